The zero-order valence-corrected chi connectivity index (χ0v) is 13.4. The molecule has 0 saturated carbocycles. The Labute approximate surface area is 129 Å². The predicted octanol–water partition coefficient (Wildman–Crippen LogP) is 5.05. The maximum absolute atomic E-state index is 10.4. The third-order valence-corrected chi connectivity index (χ3v) is 4.55. The molecule has 0 aromatic heterocycles. The first kappa shape index (κ1) is 16.4. The van der Waals surface area contributed by atoms with E-state index in [1.54, 1.807) is 0 Å². The molecule has 0 aliphatic carbocycles. The molecule has 1 aromatic rings. The molecule has 2 rings (SSSR count). The first-order valence-electron chi connectivity index (χ1n) is 8.72. The third kappa shape index (κ3) is 5.03. The van der Waals surface area contributed by atoms with E-state index in [1.165, 1.54) is 50.5 Å². The first-order valence-corrected chi connectivity index (χ1v) is 8.72. The zero-order valence-electron chi connectivity index (χ0n) is 13.4. The summed E-state index contributed by atoms with van der Waals surface area (Å²) in [7, 11) is 0. The average Bonchev–Trinajstić information content (AvgIpc) is 2.94. The van der Waals surface area contributed by atoms with E-state index >= 15 is 0 Å². The van der Waals surface area contributed by atoms with E-state index in [2.05, 4.69) is 13.0 Å². The molecular formula is C19H30O2. The second-order valence-corrected chi connectivity index (χ2v) is 6.29. The van der Waals surface area contributed by atoms with Gasteiger partial charge in [0.2, 0.25) is 0 Å². The van der Waals surface area contributed by atoms with Crippen LogP contribution >= 0.6 is 0 Å². The standard InChI is InChI=1S/C19H30O2/c1-2-3-4-5-6-7-8-9-13-18(20)17-15-21-19-14-11-10-12-16(17)19/h10-12,14,17-18,20H,2-9,13,15H2,1H3. The highest BCUT2D eigenvalue weighted by Gasteiger charge is 2.29. The number of aliphatic hydroxyl groups excluding tert-OH is 1. The van der Waals surface area contributed by atoms with E-state index in [9.17, 15) is 5.11 Å². The molecule has 0 spiro atoms. The Bertz CT molecular complexity index is 402. The normalized spacial score (nSPS) is 18.3. The molecular weight excluding hydrogens is 260 g/mol. The lowest BCUT2D eigenvalue weighted by Gasteiger charge is -2.17. The van der Waals surface area contributed by atoms with Crippen LogP contribution in [0.4, 0.5) is 0 Å². The quantitative estimate of drug-likeness (QED) is 0.611. The molecule has 21 heavy (non-hydrogen) atoms. The Hall–Kier alpha value is -1.02. The van der Waals surface area contributed by atoms with Gasteiger partial charge in [-0.15, -0.1) is 0 Å². The minimum Gasteiger partial charge on any atom is -0.493 e. The van der Waals surface area contributed by atoms with Crippen molar-refractivity contribution >= 4 is 0 Å². The van der Waals surface area contributed by atoms with Gasteiger partial charge in [0.25, 0.3) is 0 Å². The highest BCUT2D eigenvalue weighted by atomic mass is 16.5. The van der Waals surface area contributed by atoms with Crippen LogP contribution in [0.15, 0.2) is 24.3 Å². The van der Waals surface area contributed by atoms with Gasteiger partial charge in [-0.1, -0.05) is 76.5 Å². The fourth-order valence-electron chi connectivity index (χ4n) is 3.19. The minimum atomic E-state index is -0.256. The maximum atomic E-state index is 10.4. The molecule has 0 radical (unpaired) electrons. The van der Waals surface area contributed by atoms with E-state index in [0.29, 0.717) is 6.61 Å². The van der Waals surface area contributed by atoms with Gasteiger partial charge in [0, 0.05) is 11.5 Å². The molecule has 1 heterocycles. The molecule has 0 bridgehead atoms. The molecule has 2 heteroatoms. The summed E-state index contributed by atoms with van der Waals surface area (Å²) >= 11 is 0. The van der Waals surface area contributed by atoms with E-state index < -0.39 is 0 Å². The highest BCUT2D eigenvalue weighted by molar-refractivity contribution is 5.40. The summed E-state index contributed by atoms with van der Waals surface area (Å²) in [5, 5.41) is 10.4. The van der Waals surface area contributed by atoms with Crippen LogP contribution in [-0.4, -0.2) is 17.8 Å². The van der Waals surface area contributed by atoms with Gasteiger partial charge in [-0.05, 0) is 12.5 Å². The van der Waals surface area contributed by atoms with Crippen LogP contribution in [0.3, 0.4) is 0 Å². The summed E-state index contributed by atoms with van der Waals surface area (Å²) in [5.41, 5.74) is 1.18. The van der Waals surface area contributed by atoms with Gasteiger partial charge in [0.05, 0.1) is 12.7 Å². The molecule has 1 aromatic carbocycles. The Morgan fingerprint density at radius 2 is 1.71 bits per heavy atom. The number of fused-ring (bicyclic) bond motifs is 1. The van der Waals surface area contributed by atoms with Crippen LogP contribution in [0.25, 0.3) is 0 Å². The lowest BCUT2D eigenvalue weighted by Crippen LogP contribution is -2.19. The van der Waals surface area contributed by atoms with E-state index in [1.807, 2.05) is 18.2 Å². The largest absolute Gasteiger partial charge is 0.493 e. The summed E-state index contributed by atoms with van der Waals surface area (Å²) in [4.78, 5) is 0. The van der Waals surface area contributed by atoms with Crippen molar-refractivity contribution in [3.05, 3.63) is 29.8 Å². The zero-order chi connectivity index (χ0) is 14.9. The van der Waals surface area contributed by atoms with Gasteiger partial charge in [0.15, 0.2) is 0 Å². The van der Waals surface area contributed by atoms with Crippen molar-refractivity contribution in [1.82, 2.24) is 0 Å². The van der Waals surface area contributed by atoms with Crippen LogP contribution in [-0.2, 0) is 0 Å². The number of ether oxygens (including phenoxy) is 1. The number of rotatable bonds is 10. The summed E-state index contributed by atoms with van der Waals surface area (Å²) in [6, 6.07) is 8.11. The third-order valence-electron chi connectivity index (χ3n) is 4.55. The predicted molar refractivity (Wildman–Crippen MR) is 87.9 cm³/mol. The molecule has 2 nitrogen and oxygen atoms in total. The Morgan fingerprint density at radius 1 is 1.05 bits per heavy atom. The summed E-state index contributed by atoms with van der Waals surface area (Å²) in [6.07, 6.45) is 11.1. The van der Waals surface area contributed by atoms with Crippen molar-refractivity contribution in [2.75, 3.05) is 6.61 Å². The highest BCUT2D eigenvalue weighted by Crippen LogP contribution is 2.36. The summed E-state index contributed by atoms with van der Waals surface area (Å²) in [6.45, 7) is 2.89. The molecule has 118 valence electrons. The van der Waals surface area contributed by atoms with E-state index in [4.69, 9.17) is 4.74 Å². The first-order chi connectivity index (χ1) is 10.3. The monoisotopic (exact) mass is 290 g/mol. The van der Waals surface area contributed by atoms with Gasteiger partial charge < -0.3 is 9.84 Å². The van der Waals surface area contributed by atoms with Crippen LogP contribution < -0.4 is 4.74 Å². The molecule has 1 aliphatic heterocycles. The van der Waals surface area contributed by atoms with E-state index in [-0.39, 0.29) is 12.0 Å². The SMILES string of the molecule is CCCCCCCCCCC(O)C1COc2ccccc21. The molecule has 0 amide bonds. The molecule has 0 saturated heterocycles. The lowest BCUT2D eigenvalue weighted by atomic mass is 9.92. The number of hydrogen-bond donors (Lipinski definition) is 1. The molecule has 1 N–H and O–H groups in total. The topological polar surface area (TPSA) is 29.5 Å². The molecule has 1 aliphatic rings. The van der Waals surface area contributed by atoms with E-state index in [0.717, 1.165) is 18.6 Å². The average molecular weight is 290 g/mol. The Balaban J connectivity index is 1.59. The fraction of sp³-hybridized carbons (Fsp3) is 0.684. The van der Waals surface area contributed by atoms with Crippen LogP contribution in [0.2, 0.25) is 0 Å². The maximum Gasteiger partial charge on any atom is 0.123 e. The number of hydrogen-bond acceptors (Lipinski definition) is 2. The van der Waals surface area contributed by atoms with Crippen LogP contribution in [0, 0.1) is 0 Å². The van der Waals surface area contributed by atoms with Gasteiger partial charge in [-0.2, -0.15) is 0 Å². The second-order valence-electron chi connectivity index (χ2n) is 6.29. The molecule has 2 atom stereocenters. The van der Waals surface area contributed by atoms with Crippen LogP contribution in [0.5, 0.6) is 5.75 Å². The minimum absolute atomic E-state index is 0.172. The van der Waals surface area contributed by atoms with Gasteiger partial charge >= 0.3 is 0 Å². The lowest BCUT2D eigenvalue weighted by molar-refractivity contribution is 0.117. The van der Waals surface area contributed by atoms with Crippen molar-refractivity contribution in [3.8, 4) is 5.75 Å². The molecule has 2 unspecified atom stereocenters. The number of benzene rings is 1. The number of aliphatic hydroxyl groups is 1. The smallest absolute Gasteiger partial charge is 0.123 e. The number of para-hydroxylation sites is 1. The summed E-state index contributed by atoms with van der Waals surface area (Å²) < 4.78 is 5.65. The Kier molecular flexibility index (Phi) is 7.08. The number of unbranched alkanes of at least 4 members (excludes halogenated alkanes) is 7. The van der Waals surface area contributed by atoms with Crippen molar-refractivity contribution in [2.24, 2.45) is 0 Å². The van der Waals surface area contributed by atoms with Crippen molar-refractivity contribution in [3.63, 3.8) is 0 Å². The molecule has 0 fully saturated rings. The van der Waals surface area contributed by atoms with Crippen molar-refractivity contribution < 1.29 is 9.84 Å². The van der Waals surface area contributed by atoms with Crippen molar-refractivity contribution in [1.29, 1.82) is 0 Å². The van der Waals surface area contributed by atoms with Gasteiger partial charge in [-0.3, -0.25) is 0 Å². The van der Waals surface area contributed by atoms with Gasteiger partial charge in [-0.25, -0.2) is 0 Å². The second kappa shape index (κ2) is 9.09. The van der Waals surface area contributed by atoms with Gasteiger partial charge in [0.1, 0.15) is 5.75 Å². The fourth-order valence-corrected chi connectivity index (χ4v) is 3.19. The van der Waals surface area contributed by atoms with Crippen molar-refractivity contribution in [2.45, 2.75) is 76.7 Å². The Morgan fingerprint density at radius 3 is 2.48 bits per heavy atom. The summed E-state index contributed by atoms with van der Waals surface area (Å²) in [5.74, 6) is 1.13. The van der Waals surface area contributed by atoms with Crippen LogP contribution in [0.1, 0.15) is 76.2 Å².